The molecule has 1 atom stereocenters. The molecule has 1 unspecified atom stereocenters. The first-order valence-electron chi connectivity index (χ1n) is 9.05. The molecule has 1 aromatic carbocycles. The van der Waals surface area contributed by atoms with E-state index in [2.05, 4.69) is 9.28 Å². The SMILES string of the molecule is O=S(=O)(Oc1ccc2c(c1)CCc1cn(CC3CCCCO3)nc1-2)C(F)(F)F. The van der Waals surface area contributed by atoms with Gasteiger partial charge in [0.25, 0.3) is 0 Å². The summed E-state index contributed by atoms with van der Waals surface area (Å²) < 4.78 is 71.8. The van der Waals surface area contributed by atoms with Crippen LogP contribution >= 0.6 is 0 Å². The number of ether oxygens (including phenoxy) is 1. The number of benzene rings is 1. The summed E-state index contributed by atoms with van der Waals surface area (Å²) in [7, 11) is -5.68. The predicted molar refractivity (Wildman–Crippen MR) is 94.3 cm³/mol. The number of alkyl halides is 3. The highest BCUT2D eigenvalue weighted by molar-refractivity contribution is 7.88. The molecule has 0 N–H and O–H groups in total. The molecule has 0 saturated carbocycles. The Morgan fingerprint density at radius 2 is 2.00 bits per heavy atom. The van der Waals surface area contributed by atoms with E-state index in [0.29, 0.717) is 24.9 Å². The van der Waals surface area contributed by atoms with Gasteiger partial charge in [-0.15, -0.1) is 0 Å². The fourth-order valence-corrected chi connectivity index (χ4v) is 4.08. The largest absolute Gasteiger partial charge is 0.534 e. The standard InChI is InChI=1S/C18H19F3N2O4S/c19-18(20,21)28(24,25)27-14-6-7-16-12(9-14)4-5-13-10-23(22-17(13)16)11-15-3-1-2-8-26-15/h6-7,9-10,15H,1-5,8,11H2. The maximum atomic E-state index is 12.5. The first-order valence-corrected chi connectivity index (χ1v) is 10.5. The molecule has 152 valence electrons. The van der Waals surface area contributed by atoms with E-state index < -0.39 is 15.6 Å². The monoisotopic (exact) mass is 416 g/mol. The molecule has 0 amide bonds. The van der Waals surface area contributed by atoms with Crippen molar-refractivity contribution in [2.45, 2.75) is 50.3 Å². The van der Waals surface area contributed by atoms with Crippen LogP contribution in [0, 0.1) is 0 Å². The van der Waals surface area contributed by atoms with Gasteiger partial charge in [0.05, 0.1) is 18.3 Å². The lowest BCUT2D eigenvalue weighted by Crippen LogP contribution is -2.28. The van der Waals surface area contributed by atoms with Gasteiger partial charge in [-0.25, -0.2) is 0 Å². The van der Waals surface area contributed by atoms with E-state index in [9.17, 15) is 21.6 Å². The Morgan fingerprint density at radius 1 is 1.21 bits per heavy atom. The van der Waals surface area contributed by atoms with Crippen LogP contribution in [0.4, 0.5) is 13.2 Å². The van der Waals surface area contributed by atoms with Crippen molar-refractivity contribution in [3.63, 3.8) is 0 Å². The van der Waals surface area contributed by atoms with Gasteiger partial charge in [-0.3, -0.25) is 4.68 Å². The van der Waals surface area contributed by atoms with Crippen molar-refractivity contribution < 1.29 is 30.5 Å². The average molecular weight is 416 g/mol. The van der Waals surface area contributed by atoms with E-state index in [1.165, 1.54) is 12.1 Å². The Balaban J connectivity index is 1.56. The molecule has 0 spiro atoms. The molecule has 0 radical (unpaired) electrons. The van der Waals surface area contributed by atoms with Crippen LogP contribution in [0.25, 0.3) is 11.3 Å². The second-order valence-electron chi connectivity index (χ2n) is 7.02. The smallest absolute Gasteiger partial charge is 0.376 e. The molecule has 28 heavy (non-hydrogen) atoms. The maximum Gasteiger partial charge on any atom is 0.534 e. The summed E-state index contributed by atoms with van der Waals surface area (Å²) in [5.74, 6) is -0.352. The van der Waals surface area contributed by atoms with Crippen LogP contribution in [0.15, 0.2) is 24.4 Å². The summed E-state index contributed by atoms with van der Waals surface area (Å²) in [6.07, 6.45) is 6.56. The van der Waals surface area contributed by atoms with E-state index in [4.69, 9.17) is 4.74 Å². The van der Waals surface area contributed by atoms with E-state index in [1.807, 2.05) is 10.9 Å². The quantitative estimate of drug-likeness (QED) is 0.564. The number of rotatable bonds is 4. The Hall–Kier alpha value is -2.07. The van der Waals surface area contributed by atoms with Crippen LogP contribution < -0.4 is 4.18 Å². The summed E-state index contributed by atoms with van der Waals surface area (Å²) in [5.41, 5.74) is -2.15. The molecule has 1 fully saturated rings. The van der Waals surface area contributed by atoms with E-state index >= 15 is 0 Å². The zero-order valence-corrected chi connectivity index (χ0v) is 15.7. The number of hydrogen-bond acceptors (Lipinski definition) is 5. The van der Waals surface area contributed by atoms with Gasteiger partial charge in [-0.2, -0.15) is 26.7 Å². The molecule has 1 saturated heterocycles. The fraction of sp³-hybridized carbons (Fsp3) is 0.500. The van der Waals surface area contributed by atoms with Gasteiger partial charge in [0.1, 0.15) is 5.75 Å². The Bertz CT molecular complexity index is 979. The highest BCUT2D eigenvalue weighted by atomic mass is 32.2. The van der Waals surface area contributed by atoms with E-state index in [1.54, 1.807) is 6.07 Å². The Morgan fingerprint density at radius 3 is 2.71 bits per heavy atom. The molecular formula is C18H19F3N2O4S. The number of aromatic nitrogens is 2. The van der Waals surface area contributed by atoms with Gasteiger partial charge in [-0.1, -0.05) is 0 Å². The second kappa shape index (κ2) is 7.07. The van der Waals surface area contributed by atoms with Crippen molar-refractivity contribution in [1.29, 1.82) is 0 Å². The molecule has 1 aliphatic carbocycles. The first-order chi connectivity index (χ1) is 13.2. The molecule has 4 rings (SSSR count). The van der Waals surface area contributed by atoms with Gasteiger partial charge in [0, 0.05) is 18.4 Å². The normalized spacial score (nSPS) is 19.8. The minimum Gasteiger partial charge on any atom is -0.376 e. The summed E-state index contributed by atoms with van der Waals surface area (Å²) in [5, 5.41) is 4.63. The minimum atomic E-state index is -5.68. The summed E-state index contributed by atoms with van der Waals surface area (Å²) in [6, 6.07) is 4.12. The number of aryl methyl sites for hydroxylation is 2. The Kier molecular flexibility index (Phi) is 4.86. The van der Waals surface area contributed by atoms with Crippen molar-refractivity contribution >= 4 is 10.1 Å². The zero-order valence-electron chi connectivity index (χ0n) is 14.9. The lowest BCUT2D eigenvalue weighted by Gasteiger charge is -2.22. The maximum absolute atomic E-state index is 12.5. The fourth-order valence-electron chi connectivity index (χ4n) is 3.63. The van der Waals surface area contributed by atoms with Crippen molar-refractivity contribution in [3.05, 3.63) is 35.5 Å². The number of halogens is 3. The highest BCUT2D eigenvalue weighted by Crippen LogP contribution is 2.36. The van der Waals surface area contributed by atoms with Gasteiger partial charge >= 0.3 is 15.6 Å². The molecule has 1 aliphatic heterocycles. The van der Waals surface area contributed by atoms with Crippen molar-refractivity contribution in [3.8, 4) is 17.0 Å². The molecule has 1 aromatic heterocycles. The molecule has 2 aromatic rings. The zero-order chi connectivity index (χ0) is 19.9. The van der Waals surface area contributed by atoms with Crippen LogP contribution in [0.1, 0.15) is 30.4 Å². The van der Waals surface area contributed by atoms with Crippen molar-refractivity contribution in [2.75, 3.05) is 6.61 Å². The van der Waals surface area contributed by atoms with Crippen molar-refractivity contribution in [2.24, 2.45) is 0 Å². The lowest BCUT2D eigenvalue weighted by atomic mass is 9.90. The number of hydrogen-bond donors (Lipinski definition) is 0. The average Bonchev–Trinajstić information content (AvgIpc) is 3.04. The molecule has 0 bridgehead atoms. The molecular weight excluding hydrogens is 397 g/mol. The van der Waals surface area contributed by atoms with Gasteiger partial charge in [-0.05, 0) is 61.4 Å². The van der Waals surface area contributed by atoms with Crippen LogP contribution in [0.5, 0.6) is 5.75 Å². The summed E-state index contributed by atoms with van der Waals surface area (Å²) in [6.45, 7) is 1.42. The predicted octanol–water partition coefficient (Wildman–Crippen LogP) is 3.45. The molecule has 2 heterocycles. The third-order valence-corrected chi connectivity index (χ3v) is 5.97. The van der Waals surface area contributed by atoms with Crippen molar-refractivity contribution in [1.82, 2.24) is 9.78 Å². The van der Waals surface area contributed by atoms with Crippen LogP contribution in [-0.4, -0.2) is 36.4 Å². The minimum absolute atomic E-state index is 0.137. The highest BCUT2D eigenvalue weighted by Gasteiger charge is 2.48. The molecule has 2 aliphatic rings. The number of nitrogens with zero attached hydrogens (tertiary/aromatic N) is 2. The van der Waals surface area contributed by atoms with E-state index in [0.717, 1.165) is 42.7 Å². The summed E-state index contributed by atoms with van der Waals surface area (Å²) in [4.78, 5) is 0. The molecule has 6 nitrogen and oxygen atoms in total. The van der Waals surface area contributed by atoms with Gasteiger partial charge in [0.15, 0.2) is 0 Å². The van der Waals surface area contributed by atoms with Crippen LogP contribution in [0.2, 0.25) is 0 Å². The van der Waals surface area contributed by atoms with Gasteiger partial charge < -0.3 is 8.92 Å². The topological polar surface area (TPSA) is 70.4 Å². The first kappa shape index (κ1) is 19.3. The van der Waals surface area contributed by atoms with E-state index in [-0.39, 0.29) is 11.9 Å². The molecule has 10 heteroatoms. The van der Waals surface area contributed by atoms with Gasteiger partial charge in [0.2, 0.25) is 0 Å². The Labute approximate surface area is 160 Å². The lowest BCUT2D eigenvalue weighted by molar-refractivity contribution is -0.0500. The third-order valence-electron chi connectivity index (χ3n) is 4.99. The summed E-state index contributed by atoms with van der Waals surface area (Å²) >= 11 is 0. The third kappa shape index (κ3) is 3.75. The van der Waals surface area contributed by atoms with Crippen LogP contribution in [-0.2, 0) is 34.2 Å². The van der Waals surface area contributed by atoms with Crippen LogP contribution in [0.3, 0.4) is 0 Å². The number of fused-ring (bicyclic) bond motifs is 3. The second-order valence-corrected chi connectivity index (χ2v) is 8.55.